The van der Waals surface area contributed by atoms with Gasteiger partial charge < -0.3 is 25.2 Å². The van der Waals surface area contributed by atoms with Crippen LogP contribution in [0.4, 0.5) is 5.69 Å². The van der Waals surface area contributed by atoms with E-state index >= 15 is 0 Å². The van der Waals surface area contributed by atoms with Crippen LogP contribution in [0.15, 0.2) is 54.6 Å². The Morgan fingerprint density at radius 1 is 0.885 bits per heavy atom. The van der Waals surface area contributed by atoms with Crippen LogP contribution >= 0.6 is 0 Å². The van der Waals surface area contributed by atoms with Crippen molar-refractivity contribution in [1.29, 1.82) is 0 Å². The summed E-state index contributed by atoms with van der Waals surface area (Å²) in [6, 6.07) is 16.9. The fraction of sp³-hybridized carbons (Fsp3) is 0.278. The Labute approximate surface area is 149 Å². The number of anilines is 1. The molecule has 3 rings (SSSR count). The lowest BCUT2D eigenvalue weighted by Gasteiger charge is -2.38. The van der Waals surface area contributed by atoms with Gasteiger partial charge in [-0.25, -0.2) is 9.63 Å². The molecular weight excluding hydrogens is 342 g/mol. The number of benzene rings is 2. The predicted octanol–water partition coefficient (Wildman–Crippen LogP) is 0.589. The molecule has 1 aliphatic rings. The van der Waals surface area contributed by atoms with Gasteiger partial charge in [0, 0.05) is 0 Å². The normalized spacial score (nSPS) is 28.5. The van der Waals surface area contributed by atoms with Crippen molar-refractivity contribution in [1.82, 2.24) is 0 Å². The molecule has 0 saturated carbocycles. The summed E-state index contributed by atoms with van der Waals surface area (Å²) in [5.74, 6) is -1.47. The van der Waals surface area contributed by atoms with E-state index in [2.05, 4.69) is 5.48 Å². The zero-order valence-corrected chi connectivity index (χ0v) is 13.6. The summed E-state index contributed by atoms with van der Waals surface area (Å²) in [6.07, 6.45) is -8.26. The van der Waals surface area contributed by atoms with Gasteiger partial charge in [0.1, 0.15) is 18.3 Å². The topological polar surface area (TPSA) is 128 Å². The van der Waals surface area contributed by atoms with E-state index in [1.165, 1.54) is 0 Å². The van der Waals surface area contributed by atoms with Gasteiger partial charge in [-0.3, -0.25) is 5.48 Å². The van der Waals surface area contributed by atoms with Crippen molar-refractivity contribution in [2.75, 3.05) is 5.48 Å². The number of aliphatic hydroxyl groups is 3. The van der Waals surface area contributed by atoms with E-state index in [0.29, 0.717) is 5.69 Å². The van der Waals surface area contributed by atoms with E-state index in [-0.39, 0.29) is 0 Å². The first kappa shape index (κ1) is 18.3. The Morgan fingerprint density at radius 2 is 1.50 bits per heavy atom. The molecule has 5 N–H and O–H groups in total. The number of hydrogen-bond donors (Lipinski definition) is 5. The van der Waals surface area contributed by atoms with Crippen LogP contribution < -0.4 is 5.48 Å². The van der Waals surface area contributed by atoms with Crippen LogP contribution in [0.1, 0.15) is 0 Å². The number of ether oxygens (including phenoxy) is 1. The molecule has 1 fully saturated rings. The maximum absolute atomic E-state index is 11.1. The Bertz CT molecular complexity index is 737. The van der Waals surface area contributed by atoms with Crippen LogP contribution in [0, 0.1) is 0 Å². The molecule has 0 spiro atoms. The maximum Gasteiger partial charge on any atom is 0.335 e. The minimum atomic E-state index is -1.76. The van der Waals surface area contributed by atoms with Crippen LogP contribution in [0.3, 0.4) is 0 Å². The first-order valence-electron chi connectivity index (χ1n) is 7.97. The van der Waals surface area contributed by atoms with Crippen LogP contribution in [-0.2, 0) is 14.4 Å². The molecule has 2 aromatic rings. The summed E-state index contributed by atoms with van der Waals surface area (Å²) in [6.45, 7) is 0. The molecule has 1 heterocycles. The van der Waals surface area contributed by atoms with Crippen LogP contribution in [0.5, 0.6) is 0 Å². The minimum Gasteiger partial charge on any atom is -0.479 e. The second-order valence-electron chi connectivity index (χ2n) is 5.90. The second-order valence-corrected chi connectivity index (χ2v) is 5.90. The molecule has 138 valence electrons. The fourth-order valence-electron chi connectivity index (χ4n) is 2.64. The summed E-state index contributed by atoms with van der Waals surface area (Å²) < 4.78 is 5.01. The number of rotatable bonds is 5. The molecule has 2 aromatic carbocycles. The van der Waals surface area contributed by atoms with Gasteiger partial charge in [-0.05, 0) is 23.3 Å². The summed E-state index contributed by atoms with van der Waals surface area (Å²) in [4.78, 5) is 16.2. The monoisotopic (exact) mass is 361 g/mol. The highest BCUT2D eigenvalue weighted by Gasteiger charge is 2.47. The summed E-state index contributed by atoms with van der Waals surface area (Å²) >= 11 is 0. The van der Waals surface area contributed by atoms with E-state index in [9.17, 15) is 20.1 Å². The van der Waals surface area contributed by atoms with E-state index in [1.54, 1.807) is 12.1 Å². The second kappa shape index (κ2) is 7.81. The van der Waals surface area contributed by atoms with Crippen molar-refractivity contribution in [2.45, 2.75) is 30.7 Å². The number of aliphatic hydroxyl groups excluding tert-OH is 3. The zero-order chi connectivity index (χ0) is 18.7. The van der Waals surface area contributed by atoms with E-state index in [0.717, 1.165) is 11.1 Å². The highest BCUT2D eigenvalue weighted by molar-refractivity contribution is 5.73. The molecule has 26 heavy (non-hydrogen) atoms. The fourth-order valence-corrected chi connectivity index (χ4v) is 2.64. The number of carboxylic acids is 1. The number of aliphatic carboxylic acids is 1. The van der Waals surface area contributed by atoms with Crippen molar-refractivity contribution in [3.63, 3.8) is 0 Å². The minimum absolute atomic E-state index is 0.535. The number of nitrogens with one attached hydrogen (secondary N) is 1. The van der Waals surface area contributed by atoms with Gasteiger partial charge in [-0.1, -0.05) is 42.5 Å². The lowest BCUT2D eigenvalue weighted by molar-refractivity contribution is -0.287. The zero-order valence-electron chi connectivity index (χ0n) is 13.6. The molecule has 5 atom stereocenters. The van der Waals surface area contributed by atoms with Gasteiger partial charge in [0.25, 0.3) is 0 Å². The number of carboxylic acid groups (broad SMARTS) is 1. The molecule has 0 aromatic heterocycles. The average molecular weight is 361 g/mol. The van der Waals surface area contributed by atoms with Gasteiger partial charge in [0.05, 0.1) is 5.69 Å². The van der Waals surface area contributed by atoms with Crippen molar-refractivity contribution in [2.24, 2.45) is 0 Å². The third kappa shape index (κ3) is 3.85. The summed E-state index contributed by atoms with van der Waals surface area (Å²) in [5.41, 5.74) is 5.13. The number of carbonyl (C=O) groups is 1. The number of hydrogen-bond acceptors (Lipinski definition) is 7. The Balaban J connectivity index is 1.64. The van der Waals surface area contributed by atoms with Crippen LogP contribution in [-0.4, -0.2) is 57.1 Å². The van der Waals surface area contributed by atoms with E-state index in [4.69, 9.17) is 14.7 Å². The van der Waals surface area contributed by atoms with Gasteiger partial charge in [0.2, 0.25) is 6.29 Å². The Hall–Kier alpha value is -2.49. The molecule has 0 bridgehead atoms. The first-order chi connectivity index (χ1) is 12.5. The summed E-state index contributed by atoms with van der Waals surface area (Å²) in [7, 11) is 0. The van der Waals surface area contributed by atoms with E-state index < -0.39 is 36.7 Å². The molecule has 8 heteroatoms. The first-order valence-corrected chi connectivity index (χ1v) is 7.97. The smallest absolute Gasteiger partial charge is 0.335 e. The van der Waals surface area contributed by atoms with Crippen LogP contribution in [0.2, 0.25) is 0 Å². The van der Waals surface area contributed by atoms with Gasteiger partial charge in [-0.2, -0.15) is 0 Å². The van der Waals surface area contributed by atoms with Crippen molar-refractivity contribution >= 4 is 11.7 Å². The van der Waals surface area contributed by atoms with Crippen molar-refractivity contribution in [3.05, 3.63) is 54.6 Å². The molecule has 8 nitrogen and oxygen atoms in total. The molecular formula is C18H19NO7. The van der Waals surface area contributed by atoms with E-state index in [1.807, 2.05) is 42.5 Å². The average Bonchev–Trinajstić information content (AvgIpc) is 2.66. The van der Waals surface area contributed by atoms with Gasteiger partial charge >= 0.3 is 5.97 Å². The van der Waals surface area contributed by atoms with Crippen molar-refractivity contribution < 1.29 is 34.8 Å². The maximum atomic E-state index is 11.1. The largest absolute Gasteiger partial charge is 0.479 e. The Morgan fingerprint density at radius 3 is 2.12 bits per heavy atom. The SMILES string of the molecule is O=C(O)[C@H]1O[C@@H](ONc2ccc(-c3ccccc3)cc2)[C@H](O)[C@@H](O)[C@@H]1O. The molecule has 0 radical (unpaired) electrons. The third-order valence-corrected chi connectivity index (χ3v) is 4.10. The standard InChI is InChI=1S/C18H19NO7/c20-13-14(21)16(17(23)24)25-18(15(13)22)26-19-12-8-6-11(7-9-12)10-4-2-1-3-5-10/h1-9,13-16,18-22H,(H,23,24)/t13-,14-,15+,16-,18-/m0/s1. The third-order valence-electron chi connectivity index (χ3n) is 4.10. The highest BCUT2D eigenvalue weighted by atomic mass is 16.8. The predicted molar refractivity (Wildman–Crippen MR) is 90.9 cm³/mol. The highest BCUT2D eigenvalue weighted by Crippen LogP contribution is 2.24. The molecule has 0 aliphatic carbocycles. The molecule has 0 unspecified atom stereocenters. The van der Waals surface area contributed by atoms with Gasteiger partial charge in [-0.15, -0.1) is 0 Å². The van der Waals surface area contributed by atoms with Crippen molar-refractivity contribution in [3.8, 4) is 11.1 Å². The quantitative estimate of drug-likeness (QED) is 0.490. The lowest BCUT2D eigenvalue weighted by atomic mass is 9.99. The van der Waals surface area contributed by atoms with Gasteiger partial charge in [0.15, 0.2) is 6.10 Å². The Kier molecular flexibility index (Phi) is 5.50. The summed E-state index contributed by atoms with van der Waals surface area (Å²) in [5, 5.41) is 38.3. The molecule has 1 aliphatic heterocycles. The molecule has 1 saturated heterocycles. The molecule has 0 amide bonds. The lowest BCUT2D eigenvalue weighted by Crippen LogP contribution is -2.60. The van der Waals surface area contributed by atoms with Crippen LogP contribution in [0.25, 0.3) is 11.1 Å².